The number of hydrogen-bond acceptors (Lipinski definition) is 5. The van der Waals surface area contributed by atoms with E-state index in [0.717, 1.165) is 0 Å². The third-order valence-electron chi connectivity index (χ3n) is 3.14. The highest BCUT2D eigenvalue weighted by Gasteiger charge is 2.11. The van der Waals surface area contributed by atoms with Crippen molar-refractivity contribution < 1.29 is 28.9 Å². The summed E-state index contributed by atoms with van der Waals surface area (Å²) in [5.41, 5.74) is 0.680. The van der Waals surface area contributed by atoms with Gasteiger partial charge in [-0.2, -0.15) is 0 Å². The van der Waals surface area contributed by atoms with E-state index in [1.165, 1.54) is 25.3 Å². The number of carboxylic acids is 1. The number of hydrogen-bond donors (Lipinski definition) is 2. The number of methoxy groups -OCH3 is 2. The second-order valence-corrected chi connectivity index (χ2v) is 4.74. The van der Waals surface area contributed by atoms with Gasteiger partial charge in [-0.15, -0.1) is 0 Å². The number of benzene rings is 2. The van der Waals surface area contributed by atoms with Gasteiger partial charge in [-0.1, -0.05) is 0 Å². The van der Waals surface area contributed by atoms with E-state index in [0.29, 0.717) is 11.4 Å². The molecule has 0 fully saturated rings. The van der Waals surface area contributed by atoms with E-state index in [1.807, 2.05) is 0 Å². The fourth-order valence-corrected chi connectivity index (χ4v) is 1.93. The van der Waals surface area contributed by atoms with E-state index in [1.54, 1.807) is 31.4 Å². The molecule has 0 atom stereocenters. The maximum Gasteiger partial charge on any atom is 0.335 e. The molecule has 24 heavy (non-hydrogen) atoms. The first-order chi connectivity index (χ1) is 11.5. The van der Waals surface area contributed by atoms with E-state index in [-0.39, 0.29) is 29.6 Å². The van der Waals surface area contributed by atoms with Crippen molar-refractivity contribution in [1.82, 2.24) is 0 Å². The van der Waals surface area contributed by atoms with E-state index >= 15 is 0 Å². The normalized spacial score (nSPS) is 9.92. The number of carbonyl (C=O) groups excluding carboxylic acids is 1. The molecule has 2 N–H and O–H groups in total. The zero-order valence-electron chi connectivity index (χ0n) is 13.2. The predicted octanol–water partition coefficient (Wildman–Crippen LogP) is 2.42. The van der Waals surface area contributed by atoms with Crippen LogP contribution in [0.5, 0.6) is 17.2 Å². The highest BCUT2D eigenvalue weighted by atomic mass is 16.5. The van der Waals surface area contributed by atoms with Crippen LogP contribution < -0.4 is 19.5 Å². The lowest BCUT2D eigenvalue weighted by Crippen LogP contribution is -2.20. The van der Waals surface area contributed by atoms with Gasteiger partial charge < -0.3 is 24.6 Å². The Balaban J connectivity index is 1.96. The molecular formula is C17H17NO6. The van der Waals surface area contributed by atoms with Crippen molar-refractivity contribution in [2.75, 3.05) is 26.1 Å². The Bertz CT molecular complexity index is 726. The first-order valence-corrected chi connectivity index (χ1v) is 7.01. The molecule has 0 aliphatic heterocycles. The zero-order chi connectivity index (χ0) is 17.5. The average molecular weight is 331 g/mol. The van der Waals surface area contributed by atoms with Crippen LogP contribution in [0.4, 0.5) is 5.69 Å². The number of anilines is 1. The van der Waals surface area contributed by atoms with Crippen molar-refractivity contribution in [3.8, 4) is 17.2 Å². The largest absolute Gasteiger partial charge is 0.497 e. The monoisotopic (exact) mass is 331 g/mol. The number of amides is 1. The summed E-state index contributed by atoms with van der Waals surface area (Å²) in [6, 6.07) is 11.0. The minimum atomic E-state index is -1.07. The molecule has 0 heterocycles. The van der Waals surface area contributed by atoms with Crippen LogP contribution in [0.25, 0.3) is 0 Å². The molecule has 0 bridgehead atoms. The molecule has 0 spiro atoms. The van der Waals surface area contributed by atoms with Gasteiger partial charge in [0.2, 0.25) is 0 Å². The second-order valence-electron chi connectivity index (χ2n) is 4.74. The second kappa shape index (κ2) is 7.87. The molecule has 7 heteroatoms. The summed E-state index contributed by atoms with van der Waals surface area (Å²) in [6.45, 7) is -0.241. The molecular weight excluding hydrogens is 314 g/mol. The minimum Gasteiger partial charge on any atom is -0.497 e. The Morgan fingerprint density at radius 3 is 2.29 bits per heavy atom. The number of carboxylic acid groups (broad SMARTS) is 1. The van der Waals surface area contributed by atoms with Crippen LogP contribution in [0.2, 0.25) is 0 Å². The minimum absolute atomic E-state index is 0.0712. The van der Waals surface area contributed by atoms with Crippen molar-refractivity contribution in [3.05, 3.63) is 48.0 Å². The molecule has 126 valence electrons. The predicted molar refractivity (Wildman–Crippen MR) is 87.1 cm³/mol. The van der Waals surface area contributed by atoms with Crippen molar-refractivity contribution in [1.29, 1.82) is 0 Å². The summed E-state index contributed by atoms with van der Waals surface area (Å²) in [7, 11) is 2.95. The van der Waals surface area contributed by atoms with Gasteiger partial charge in [0.1, 0.15) is 5.75 Å². The Hall–Kier alpha value is -3.22. The Morgan fingerprint density at radius 1 is 1.00 bits per heavy atom. The molecule has 0 aliphatic rings. The lowest BCUT2D eigenvalue weighted by atomic mass is 10.2. The molecule has 2 aromatic carbocycles. The topological polar surface area (TPSA) is 94.1 Å². The number of rotatable bonds is 7. The molecule has 0 radical (unpaired) electrons. The molecule has 0 aromatic heterocycles. The molecule has 2 rings (SSSR count). The van der Waals surface area contributed by atoms with Crippen LogP contribution >= 0.6 is 0 Å². The van der Waals surface area contributed by atoms with Crippen LogP contribution in [0, 0.1) is 0 Å². The molecule has 0 aliphatic carbocycles. The van der Waals surface area contributed by atoms with Gasteiger partial charge in [0.05, 0.1) is 19.8 Å². The molecule has 2 aromatic rings. The number of ether oxygens (including phenoxy) is 3. The highest BCUT2D eigenvalue weighted by Crippen LogP contribution is 2.28. The summed E-state index contributed by atoms with van der Waals surface area (Å²) >= 11 is 0. The lowest BCUT2D eigenvalue weighted by molar-refractivity contribution is -0.118. The SMILES string of the molecule is COc1ccc(NC(=O)COc2ccc(C(=O)O)cc2OC)cc1. The lowest BCUT2D eigenvalue weighted by Gasteiger charge is -2.11. The van der Waals surface area contributed by atoms with E-state index in [4.69, 9.17) is 19.3 Å². The first-order valence-electron chi connectivity index (χ1n) is 7.01. The molecule has 7 nitrogen and oxygen atoms in total. The summed E-state index contributed by atoms with van der Waals surface area (Å²) < 4.78 is 15.5. The quantitative estimate of drug-likeness (QED) is 0.809. The zero-order valence-corrected chi connectivity index (χ0v) is 13.2. The Morgan fingerprint density at radius 2 is 1.71 bits per heavy atom. The van der Waals surface area contributed by atoms with Gasteiger partial charge in [0.15, 0.2) is 18.1 Å². The van der Waals surface area contributed by atoms with Crippen molar-refractivity contribution in [2.45, 2.75) is 0 Å². The maximum absolute atomic E-state index is 11.9. The Kier molecular flexibility index (Phi) is 5.62. The summed E-state index contributed by atoms with van der Waals surface area (Å²) in [5, 5.41) is 11.6. The van der Waals surface area contributed by atoms with Crippen molar-refractivity contribution in [3.63, 3.8) is 0 Å². The average Bonchev–Trinajstić information content (AvgIpc) is 2.60. The molecule has 0 saturated heterocycles. The standard InChI is InChI=1S/C17H17NO6/c1-22-13-6-4-12(5-7-13)18-16(19)10-24-14-8-3-11(17(20)21)9-15(14)23-2/h3-9H,10H2,1-2H3,(H,18,19)(H,20,21). The third-order valence-corrected chi connectivity index (χ3v) is 3.14. The molecule has 0 saturated carbocycles. The molecule has 1 amide bonds. The fourth-order valence-electron chi connectivity index (χ4n) is 1.93. The van der Waals surface area contributed by atoms with Crippen molar-refractivity contribution in [2.24, 2.45) is 0 Å². The van der Waals surface area contributed by atoms with Gasteiger partial charge in [-0.25, -0.2) is 4.79 Å². The highest BCUT2D eigenvalue weighted by molar-refractivity contribution is 5.92. The third kappa shape index (κ3) is 4.39. The van der Waals surface area contributed by atoms with Gasteiger partial charge in [0, 0.05) is 5.69 Å². The smallest absolute Gasteiger partial charge is 0.335 e. The molecule has 0 unspecified atom stereocenters. The maximum atomic E-state index is 11.9. The van der Waals surface area contributed by atoms with E-state index < -0.39 is 5.97 Å². The van der Waals surface area contributed by atoms with E-state index in [2.05, 4.69) is 5.32 Å². The van der Waals surface area contributed by atoms with Crippen LogP contribution in [-0.4, -0.2) is 37.8 Å². The summed E-state index contributed by atoms with van der Waals surface area (Å²) in [4.78, 5) is 22.8. The number of aromatic carboxylic acids is 1. The van der Waals surface area contributed by atoms with Gasteiger partial charge in [0.25, 0.3) is 5.91 Å². The van der Waals surface area contributed by atoms with Crippen LogP contribution in [0.15, 0.2) is 42.5 Å². The van der Waals surface area contributed by atoms with Crippen LogP contribution in [0.1, 0.15) is 10.4 Å². The summed E-state index contributed by atoms with van der Waals surface area (Å²) in [6.07, 6.45) is 0. The number of carbonyl (C=O) groups is 2. The van der Waals surface area contributed by atoms with Gasteiger partial charge >= 0.3 is 5.97 Å². The number of nitrogens with one attached hydrogen (secondary N) is 1. The van der Waals surface area contributed by atoms with Gasteiger partial charge in [-0.05, 0) is 42.5 Å². The van der Waals surface area contributed by atoms with Crippen LogP contribution in [-0.2, 0) is 4.79 Å². The summed E-state index contributed by atoms with van der Waals surface area (Å²) in [5.74, 6) is -0.214. The van der Waals surface area contributed by atoms with Crippen LogP contribution in [0.3, 0.4) is 0 Å². The van der Waals surface area contributed by atoms with E-state index in [9.17, 15) is 9.59 Å². The van der Waals surface area contributed by atoms with Gasteiger partial charge in [-0.3, -0.25) is 4.79 Å². The fraction of sp³-hybridized carbons (Fsp3) is 0.176. The first kappa shape index (κ1) is 17.1. The van der Waals surface area contributed by atoms with Crippen molar-refractivity contribution >= 4 is 17.6 Å². The Labute approximate surface area is 138 Å².